The Morgan fingerprint density at radius 2 is 1.73 bits per heavy atom. The van der Waals surface area contributed by atoms with Crippen LogP contribution in [-0.4, -0.2) is 30.6 Å². The van der Waals surface area contributed by atoms with Gasteiger partial charge in [0.25, 0.3) is 5.91 Å². The standard InChI is InChI=1S/C20H30N2O4/c1-6-14(2)21-19(25)22-17(23)13-26-18(24)12-9-15-7-10-16(11-8-15)20(3,4)5/h7-8,10-11,14H,6,9,12-13H2,1-5H3,(H2,21,22,23,25)/t14-/m0/s1. The Hall–Kier alpha value is -2.37. The van der Waals surface area contributed by atoms with Gasteiger partial charge in [-0.25, -0.2) is 4.79 Å². The molecule has 0 aliphatic carbocycles. The number of rotatable bonds is 7. The molecule has 1 aromatic carbocycles. The van der Waals surface area contributed by atoms with E-state index in [1.807, 2.05) is 26.0 Å². The molecule has 0 spiro atoms. The van der Waals surface area contributed by atoms with Gasteiger partial charge in [0.15, 0.2) is 6.61 Å². The first-order valence-electron chi connectivity index (χ1n) is 8.97. The van der Waals surface area contributed by atoms with Crippen LogP contribution in [0.25, 0.3) is 0 Å². The van der Waals surface area contributed by atoms with Crippen molar-refractivity contribution in [1.82, 2.24) is 10.6 Å². The average molecular weight is 362 g/mol. The summed E-state index contributed by atoms with van der Waals surface area (Å²) in [6.07, 6.45) is 1.48. The molecule has 1 rings (SSSR count). The summed E-state index contributed by atoms with van der Waals surface area (Å²) in [6.45, 7) is 9.73. The molecule has 3 amide bonds. The van der Waals surface area contributed by atoms with Crippen molar-refractivity contribution in [2.24, 2.45) is 0 Å². The number of amides is 3. The molecule has 0 fully saturated rings. The second-order valence-electron chi connectivity index (χ2n) is 7.44. The van der Waals surface area contributed by atoms with E-state index < -0.39 is 24.5 Å². The summed E-state index contributed by atoms with van der Waals surface area (Å²) >= 11 is 0. The molecule has 0 aliphatic rings. The van der Waals surface area contributed by atoms with E-state index >= 15 is 0 Å². The smallest absolute Gasteiger partial charge is 0.321 e. The number of aryl methyl sites for hydroxylation is 1. The van der Waals surface area contributed by atoms with Crippen LogP contribution in [0.2, 0.25) is 0 Å². The second-order valence-corrected chi connectivity index (χ2v) is 7.44. The van der Waals surface area contributed by atoms with Crippen molar-refractivity contribution in [1.29, 1.82) is 0 Å². The molecule has 0 saturated carbocycles. The Balaban J connectivity index is 2.32. The van der Waals surface area contributed by atoms with Gasteiger partial charge in [0.1, 0.15) is 0 Å². The minimum atomic E-state index is -0.645. The summed E-state index contributed by atoms with van der Waals surface area (Å²) in [5.74, 6) is -1.11. The predicted octanol–water partition coefficient (Wildman–Crippen LogP) is 3.08. The van der Waals surface area contributed by atoms with Gasteiger partial charge in [-0.2, -0.15) is 0 Å². The van der Waals surface area contributed by atoms with Crippen molar-refractivity contribution in [3.05, 3.63) is 35.4 Å². The molecule has 26 heavy (non-hydrogen) atoms. The molecule has 1 aromatic rings. The lowest BCUT2D eigenvalue weighted by Crippen LogP contribution is -2.44. The normalized spacial score (nSPS) is 12.2. The fourth-order valence-electron chi connectivity index (χ4n) is 2.16. The number of carbonyl (C=O) groups is 3. The highest BCUT2D eigenvalue weighted by molar-refractivity contribution is 5.95. The van der Waals surface area contributed by atoms with E-state index in [1.54, 1.807) is 0 Å². The Bertz CT molecular complexity index is 618. The molecule has 0 heterocycles. The van der Waals surface area contributed by atoms with Crippen LogP contribution in [0, 0.1) is 0 Å². The second kappa shape index (κ2) is 9.94. The van der Waals surface area contributed by atoms with E-state index in [-0.39, 0.29) is 17.9 Å². The molecule has 6 heteroatoms. The highest BCUT2D eigenvalue weighted by Gasteiger charge is 2.14. The molecule has 0 aromatic heterocycles. The first-order valence-corrected chi connectivity index (χ1v) is 8.97. The summed E-state index contributed by atoms with van der Waals surface area (Å²) in [5.41, 5.74) is 2.36. The molecule has 2 N–H and O–H groups in total. The van der Waals surface area contributed by atoms with Gasteiger partial charge in [0, 0.05) is 12.5 Å². The van der Waals surface area contributed by atoms with E-state index in [0.29, 0.717) is 6.42 Å². The summed E-state index contributed by atoms with van der Waals surface area (Å²) in [4.78, 5) is 34.8. The molecule has 144 valence electrons. The zero-order valence-electron chi connectivity index (χ0n) is 16.3. The van der Waals surface area contributed by atoms with Crippen molar-refractivity contribution in [2.45, 2.75) is 65.3 Å². The molecule has 6 nitrogen and oxygen atoms in total. The van der Waals surface area contributed by atoms with Gasteiger partial charge in [-0.3, -0.25) is 14.9 Å². The third-order valence-corrected chi connectivity index (χ3v) is 4.04. The van der Waals surface area contributed by atoms with E-state index in [1.165, 1.54) is 5.56 Å². The monoisotopic (exact) mass is 362 g/mol. The first kappa shape index (κ1) is 21.7. The Morgan fingerprint density at radius 1 is 1.12 bits per heavy atom. The number of benzene rings is 1. The van der Waals surface area contributed by atoms with Gasteiger partial charge >= 0.3 is 12.0 Å². The van der Waals surface area contributed by atoms with Crippen LogP contribution in [0.15, 0.2) is 24.3 Å². The zero-order valence-corrected chi connectivity index (χ0v) is 16.3. The minimum absolute atomic E-state index is 0.0324. The van der Waals surface area contributed by atoms with E-state index in [2.05, 4.69) is 43.5 Å². The van der Waals surface area contributed by atoms with E-state index in [4.69, 9.17) is 4.74 Å². The van der Waals surface area contributed by atoms with Crippen molar-refractivity contribution in [3.8, 4) is 0 Å². The van der Waals surface area contributed by atoms with Crippen LogP contribution in [-0.2, 0) is 26.2 Å². The lowest BCUT2D eigenvalue weighted by Gasteiger charge is -2.19. The number of hydrogen-bond acceptors (Lipinski definition) is 4. The molecule has 1 atom stereocenters. The lowest BCUT2D eigenvalue weighted by molar-refractivity contribution is -0.148. The third-order valence-electron chi connectivity index (χ3n) is 4.04. The van der Waals surface area contributed by atoms with Gasteiger partial charge < -0.3 is 10.1 Å². The van der Waals surface area contributed by atoms with Gasteiger partial charge in [-0.15, -0.1) is 0 Å². The maximum atomic E-state index is 11.8. The number of carbonyl (C=O) groups excluding carboxylic acids is 3. The maximum Gasteiger partial charge on any atom is 0.321 e. The quantitative estimate of drug-likeness (QED) is 0.730. The maximum absolute atomic E-state index is 11.8. The van der Waals surface area contributed by atoms with Crippen molar-refractivity contribution < 1.29 is 19.1 Å². The van der Waals surface area contributed by atoms with Gasteiger partial charge in [0.2, 0.25) is 0 Å². The lowest BCUT2D eigenvalue weighted by atomic mass is 9.86. The van der Waals surface area contributed by atoms with Crippen molar-refractivity contribution in [2.75, 3.05) is 6.61 Å². The third kappa shape index (κ3) is 8.14. The molecule has 0 bridgehead atoms. The number of imide groups is 1. The number of esters is 1. The SMILES string of the molecule is CC[C@H](C)NC(=O)NC(=O)COC(=O)CCc1ccc(C(C)(C)C)cc1. The topological polar surface area (TPSA) is 84.5 Å². The number of urea groups is 1. The average Bonchev–Trinajstić information content (AvgIpc) is 2.57. The van der Waals surface area contributed by atoms with E-state index in [9.17, 15) is 14.4 Å². The van der Waals surface area contributed by atoms with Crippen LogP contribution in [0.1, 0.15) is 58.6 Å². The fourth-order valence-corrected chi connectivity index (χ4v) is 2.16. The van der Waals surface area contributed by atoms with Gasteiger partial charge in [-0.05, 0) is 36.3 Å². The number of ether oxygens (including phenoxy) is 1. The fraction of sp³-hybridized carbons (Fsp3) is 0.550. The molecule has 0 radical (unpaired) electrons. The van der Waals surface area contributed by atoms with Crippen LogP contribution < -0.4 is 10.6 Å². The first-order chi connectivity index (χ1) is 12.1. The zero-order chi connectivity index (χ0) is 19.7. The van der Waals surface area contributed by atoms with E-state index in [0.717, 1.165) is 12.0 Å². The van der Waals surface area contributed by atoms with Crippen LogP contribution in [0.4, 0.5) is 4.79 Å². The summed E-state index contributed by atoms with van der Waals surface area (Å²) in [5, 5.41) is 4.73. The number of nitrogens with one attached hydrogen (secondary N) is 2. The van der Waals surface area contributed by atoms with Crippen molar-refractivity contribution in [3.63, 3.8) is 0 Å². The highest BCUT2D eigenvalue weighted by atomic mass is 16.5. The summed E-state index contributed by atoms with van der Waals surface area (Å²) in [6, 6.07) is 7.50. The van der Waals surface area contributed by atoms with Crippen LogP contribution in [0.3, 0.4) is 0 Å². The Kier molecular flexibility index (Phi) is 8.29. The predicted molar refractivity (Wildman–Crippen MR) is 101 cm³/mol. The molecular formula is C20H30N2O4. The van der Waals surface area contributed by atoms with Gasteiger partial charge in [0.05, 0.1) is 0 Å². The largest absolute Gasteiger partial charge is 0.456 e. The summed E-state index contributed by atoms with van der Waals surface area (Å²) < 4.78 is 4.90. The number of hydrogen-bond donors (Lipinski definition) is 2. The Labute approximate surface area is 155 Å². The molecule has 0 saturated heterocycles. The Morgan fingerprint density at radius 3 is 2.27 bits per heavy atom. The minimum Gasteiger partial charge on any atom is -0.456 e. The highest BCUT2D eigenvalue weighted by Crippen LogP contribution is 2.22. The van der Waals surface area contributed by atoms with Crippen molar-refractivity contribution >= 4 is 17.9 Å². The molecular weight excluding hydrogens is 332 g/mol. The summed E-state index contributed by atoms with van der Waals surface area (Å²) in [7, 11) is 0. The van der Waals surface area contributed by atoms with Gasteiger partial charge in [-0.1, -0.05) is 52.0 Å². The molecule has 0 unspecified atom stereocenters. The van der Waals surface area contributed by atoms with Crippen LogP contribution >= 0.6 is 0 Å². The molecule has 0 aliphatic heterocycles. The van der Waals surface area contributed by atoms with Crippen LogP contribution in [0.5, 0.6) is 0 Å².